The summed E-state index contributed by atoms with van der Waals surface area (Å²) in [5.41, 5.74) is 5.99. The van der Waals surface area contributed by atoms with Gasteiger partial charge in [-0.05, 0) is 76.8 Å². The number of carbonyl (C=O) groups is 1. The molecule has 1 aliphatic rings. The van der Waals surface area contributed by atoms with Crippen LogP contribution in [0.5, 0.6) is 0 Å². The van der Waals surface area contributed by atoms with Gasteiger partial charge in [0.05, 0.1) is 12.1 Å². The van der Waals surface area contributed by atoms with E-state index in [9.17, 15) is 4.79 Å². The Morgan fingerprint density at radius 1 is 1.00 bits per heavy atom. The quantitative estimate of drug-likeness (QED) is 0.622. The van der Waals surface area contributed by atoms with Crippen LogP contribution in [0.4, 0.5) is 0 Å². The Balaban J connectivity index is 1.32. The molecule has 0 atom stereocenters. The molecule has 32 heavy (non-hydrogen) atoms. The van der Waals surface area contributed by atoms with Crippen LogP contribution in [0.3, 0.4) is 0 Å². The lowest BCUT2D eigenvalue weighted by molar-refractivity contribution is -0.120. The second kappa shape index (κ2) is 9.63. The topological polar surface area (TPSA) is 72.7 Å². The van der Waals surface area contributed by atoms with E-state index in [1.54, 1.807) is 4.68 Å². The third-order valence-electron chi connectivity index (χ3n) is 6.64. The Kier molecular flexibility index (Phi) is 6.68. The first-order valence-electron chi connectivity index (χ1n) is 11.6. The number of hydrogen-bond donors (Lipinski definition) is 1. The zero-order chi connectivity index (χ0) is 22.7. The third kappa shape index (κ3) is 5.06. The summed E-state index contributed by atoms with van der Waals surface area (Å²) < 4.78 is 1.75. The second-order valence-electron chi connectivity index (χ2n) is 9.12. The summed E-state index contributed by atoms with van der Waals surface area (Å²) in [6.07, 6.45) is 5.07. The van der Waals surface area contributed by atoms with E-state index in [2.05, 4.69) is 50.7 Å². The highest BCUT2D eigenvalue weighted by Crippen LogP contribution is 2.35. The van der Waals surface area contributed by atoms with Crippen LogP contribution in [0.1, 0.15) is 65.5 Å². The number of rotatable bonds is 6. The molecule has 1 aromatic carbocycles. The van der Waals surface area contributed by atoms with Crippen LogP contribution in [0.25, 0.3) is 5.95 Å². The summed E-state index contributed by atoms with van der Waals surface area (Å²) >= 11 is 0. The average Bonchev–Trinajstić information content (AvgIpc) is 3.06. The molecule has 6 nitrogen and oxygen atoms in total. The fraction of sp³-hybridized carbons (Fsp3) is 0.462. The van der Waals surface area contributed by atoms with E-state index in [0.29, 0.717) is 24.2 Å². The van der Waals surface area contributed by atoms with E-state index in [0.717, 1.165) is 34.9 Å². The molecule has 0 aliphatic heterocycles. The summed E-state index contributed by atoms with van der Waals surface area (Å²) in [5, 5.41) is 7.78. The zero-order valence-electron chi connectivity index (χ0n) is 19.6. The Hall–Kier alpha value is -3.02. The molecule has 2 heterocycles. The number of aromatic nitrogens is 4. The second-order valence-corrected chi connectivity index (χ2v) is 9.12. The maximum absolute atomic E-state index is 12.7. The minimum Gasteiger partial charge on any atom is -0.356 e. The van der Waals surface area contributed by atoms with Crippen molar-refractivity contribution in [1.82, 2.24) is 25.1 Å². The number of carbonyl (C=O) groups excluding carboxylic acids is 1. The Morgan fingerprint density at radius 2 is 1.66 bits per heavy atom. The lowest BCUT2D eigenvalue weighted by atomic mass is 9.79. The van der Waals surface area contributed by atoms with Gasteiger partial charge in [0.1, 0.15) is 0 Å². The number of nitrogens with one attached hydrogen (secondary N) is 1. The number of nitrogens with zero attached hydrogens (tertiary/aromatic N) is 4. The van der Waals surface area contributed by atoms with Crippen LogP contribution in [0.15, 0.2) is 36.4 Å². The van der Waals surface area contributed by atoms with Gasteiger partial charge in [-0.2, -0.15) is 5.10 Å². The van der Waals surface area contributed by atoms with Crippen LogP contribution in [-0.4, -0.2) is 32.2 Å². The largest absolute Gasteiger partial charge is 0.356 e. The van der Waals surface area contributed by atoms with Gasteiger partial charge in [-0.15, -0.1) is 0 Å². The number of amides is 1. The molecule has 3 aromatic rings. The highest BCUT2D eigenvalue weighted by molar-refractivity contribution is 5.79. The molecular weight excluding hydrogens is 398 g/mol. The van der Waals surface area contributed by atoms with Crippen molar-refractivity contribution in [3.8, 4) is 5.95 Å². The summed E-state index contributed by atoms with van der Waals surface area (Å²) in [4.78, 5) is 21.7. The molecule has 2 aromatic heterocycles. The van der Waals surface area contributed by atoms with Gasteiger partial charge in [-0.1, -0.05) is 30.3 Å². The minimum atomic E-state index is 0.0577. The molecule has 1 aliphatic carbocycles. The van der Waals surface area contributed by atoms with Crippen molar-refractivity contribution < 1.29 is 4.79 Å². The van der Waals surface area contributed by atoms with Crippen LogP contribution in [0, 0.1) is 33.6 Å². The number of benzene rings is 1. The van der Waals surface area contributed by atoms with Crippen molar-refractivity contribution in [1.29, 1.82) is 0 Å². The molecule has 168 valence electrons. The molecule has 0 radical (unpaired) electrons. The molecule has 0 bridgehead atoms. The molecule has 1 saturated carbocycles. The molecule has 0 spiro atoms. The van der Waals surface area contributed by atoms with Crippen LogP contribution in [0.2, 0.25) is 0 Å². The van der Waals surface area contributed by atoms with Crippen LogP contribution >= 0.6 is 0 Å². The first kappa shape index (κ1) is 22.2. The predicted molar refractivity (Wildman–Crippen MR) is 126 cm³/mol. The SMILES string of the molecule is Cc1cc(C)nc(-n2nc(C)c(CC(=O)NCC3CCC(c4ccccc4)CC3)c2C)n1. The molecule has 1 amide bonds. The van der Waals surface area contributed by atoms with Gasteiger partial charge in [-0.3, -0.25) is 4.79 Å². The van der Waals surface area contributed by atoms with E-state index in [1.165, 1.54) is 31.2 Å². The van der Waals surface area contributed by atoms with E-state index in [1.807, 2.05) is 33.8 Å². The maximum Gasteiger partial charge on any atom is 0.251 e. The predicted octanol–water partition coefficient (Wildman–Crippen LogP) is 4.53. The maximum atomic E-state index is 12.7. The van der Waals surface area contributed by atoms with E-state index in [4.69, 9.17) is 0 Å². The average molecular weight is 432 g/mol. The molecule has 0 saturated heterocycles. The Morgan fingerprint density at radius 3 is 2.31 bits per heavy atom. The fourth-order valence-corrected chi connectivity index (χ4v) is 4.83. The van der Waals surface area contributed by atoms with Crippen LogP contribution < -0.4 is 5.32 Å². The molecule has 6 heteroatoms. The first-order chi connectivity index (χ1) is 15.4. The van der Waals surface area contributed by atoms with Crippen molar-refractivity contribution in [2.24, 2.45) is 5.92 Å². The van der Waals surface area contributed by atoms with Crippen molar-refractivity contribution in [3.05, 3.63) is 70.3 Å². The van der Waals surface area contributed by atoms with E-state index >= 15 is 0 Å². The monoisotopic (exact) mass is 431 g/mol. The van der Waals surface area contributed by atoms with Crippen LogP contribution in [-0.2, 0) is 11.2 Å². The van der Waals surface area contributed by atoms with Gasteiger partial charge in [0.25, 0.3) is 5.95 Å². The normalized spacial score (nSPS) is 18.5. The van der Waals surface area contributed by atoms with Gasteiger partial charge in [0.2, 0.25) is 5.91 Å². The smallest absolute Gasteiger partial charge is 0.251 e. The van der Waals surface area contributed by atoms with Gasteiger partial charge >= 0.3 is 0 Å². The standard InChI is InChI=1S/C26H33N5O/c1-17-14-18(2)29-26(28-17)31-20(4)24(19(3)30-31)15-25(32)27-16-21-10-12-23(13-11-21)22-8-6-5-7-9-22/h5-9,14,21,23H,10-13,15-16H2,1-4H3,(H,27,32). The molecule has 1 fully saturated rings. The van der Waals surface area contributed by atoms with Crippen molar-refractivity contribution >= 4 is 5.91 Å². The number of hydrogen-bond acceptors (Lipinski definition) is 4. The lowest BCUT2D eigenvalue weighted by Crippen LogP contribution is -2.32. The highest BCUT2D eigenvalue weighted by atomic mass is 16.1. The fourth-order valence-electron chi connectivity index (χ4n) is 4.83. The molecular formula is C26H33N5O. The highest BCUT2D eigenvalue weighted by Gasteiger charge is 2.23. The zero-order valence-corrected chi connectivity index (χ0v) is 19.6. The minimum absolute atomic E-state index is 0.0577. The summed E-state index contributed by atoms with van der Waals surface area (Å²) in [6, 6.07) is 12.7. The Bertz CT molecular complexity index is 1060. The molecule has 1 N–H and O–H groups in total. The molecule has 0 unspecified atom stereocenters. The van der Waals surface area contributed by atoms with Crippen molar-refractivity contribution in [2.75, 3.05) is 6.54 Å². The summed E-state index contributed by atoms with van der Waals surface area (Å²) in [5.74, 6) is 1.84. The number of aryl methyl sites for hydroxylation is 3. The summed E-state index contributed by atoms with van der Waals surface area (Å²) in [7, 11) is 0. The van der Waals surface area contributed by atoms with Crippen molar-refractivity contribution in [3.63, 3.8) is 0 Å². The Labute approximate surface area is 190 Å². The third-order valence-corrected chi connectivity index (χ3v) is 6.64. The first-order valence-corrected chi connectivity index (χ1v) is 11.6. The van der Waals surface area contributed by atoms with E-state index in [-0.39, 0.29) is 5.91 Å². The van der Waals surface area contributed by atoms with Gasteiger partial charge in [-0.25, -0.2) is 14.6 Å². The van der Waals surface area contributed by atoms with E-state index < -0.39 is 0 Å². The van der Waals surface area contributed by atoms with Crippen molar-refractivity contribution in [2.45, 2.75) is 65.7 Å². The van der Waals surface area contributed by atoms with Gasteiger partial charge in [0, 0.05) is 29.2 Å². The molecule has 4 rings (SSSR count). The summed E-state index contributed by atoms with van der Waals surface area (Å²) in [6.45, 7) is 8.58. The van der Waals surface area contributed by atoms with Gasteiger partial charge in [0.15, 0.2) is 0 Å². The van der Waals surface area contributed by atoms with Gasteiger partial charge < -0.3 is 5.32 Å². The lowest BCUT2D eigenvalue weighted by Gasteiger charge is -2.29.